The number of Topliss-reactive ketones (excluding diaryl/α,β-unsaturated/α-hetero) is 2. The maximum Gasteiger partial charge on any atom is 0.297 e. The summed E-state index contributed by atoms with van der Waals surface area (Å²) in [6.45, 7) is 0. The van der Waals surface area contributed by atoms with Gasteiger partial charge in [-0.3, -0.25) is 29.7 Å². The van der Waals surface area contributed by atoms with E-state index in [0.29, 0.717) is 16.4 Å². The van der Waals surface area contributed by atoms with Crippen molar-refractivity contribution in [2.45, 2.75) is 15.1 Å². The largest absolute Gasteiger partial charge is 0.504 e. The van der Waals surface area contributed by atoms with Crippen molar-refractivity contribution in [2.75, 3.05) is 17.2 Å². The molecule has 3 aromatic carbocycles. The van der Waals surface area contributed by atoms with Crippen LogP contribution in [0.3, 0.4) is 0 Å². The second-order valence-electron chi connectivity index (χ2n) is 9.01. The third-order valence-electron chi connectivity index (χ3n) is 6.58. The zero-order valence-electron chi connectivity index (χ0n) is 21.4. The molecule has 0 spiro atoms. The monoisotopic (exact) mass is 629 g/mol. The minimum Gasteiger partial charge on any atom is -0.504 e. The number of hydrogen-bond donors (Lipinski definition) is 3. The van der Waals surface area contributed by atoms with Crippen LogP contribution in [0.15, 0.2) is 82.0 Å². The Morgan fingerprint density at radius 1 is 1.05 bits per heavy atom. The van der Waals surface area contributed by atoms with Crippen molar-refractivity contribution in [1.82, 2.24) is 4.98 Å². The molecular formula is C27H20ClN3O9S2. The van der Waals surface area contributed by atoms with E-state index < -0.39 is 39.3 Å². The number of ketones is 2. The molecule has 15 heteroatoms. The molecule has 3 N–H and O–H groups in total. The van der Waals surface area contributed by atoms with E-state index in [0.717, 1.165) is 23.2 Å². The molecule has 1 aromatic heterocycles. The molecule has 42 heavy (non-hydrogen) atoms. The summed E-state index contributed by atoms with van der Waals surface area (Å²) in [5, 5.41) is 28.4. The van der Waals surface area contributed by atoms with Crippen molar-refractivity contribution in [3.8, 4) is 11.5 Å². The van der Waals surface area contributed by atoms with Crippen LogP contribution in [0.4, 0.5) is 10.8 Å². The minimum atomic E-state index is -4.18. The van der Waals surface area contributed by atoms with E-state index in [1.807, 2.05) is 0 Å². The van der Waals surface area contributed by atoms with Crippen LogP contribution < -0.4 is 14.9 Å². The van der Waals surface area contributed by atoms with Gasteiger partial charge in [-0.05, 0) is 66.2 Å². The number of rotatable bonds is 8. The van der Waals surface area contributed by atoms with Crippen molar-refractivity contribution < 1.29 is 43.1 Å². The van der Waals surface area contributed by atoms with E-state index in [-0.39, 0.29) is 47.8 Å². The Labute approximate surface area is 247 Å². The zero-order valence-corrected chi connectivity index (χ0v) is 23.8. The SMILES string of the molecule is COc1cc(C2C(C(=O)c3ccc(Cl)cc3)C(=O)C(=O)N2c2ncc(S(=O)(=O)c3ccc(N(O)O)cc3)s2)ccc1O. The highest BCUT2D eigenvalue weighted by atomic mass is 35.5. The molecular weight excluding hydrogens is 610 g/mol. The zero-order chi connectivity index (χ0) is 30.3. The molecule has 2 unspecified atom stereocenters. The second-order valence-corrected chi connectivity index (χ2v) is 12.6. The van der Waals surface area contributed by atoms with Crippen LogP contribution in [0.1, 0.15) is 22.0 Å². The van der Waals surface area contributed by atoms with Crippen LogP contribution in [-0.4, -0.2) is 53.5 Å². The predicted molar refractivity (Wildman–Crippen MR) is 149 cm³/mol. The van der Waals surface area contributed by atoms with Gasteiger partial charge in [0, 0.05) is 10.6 Å². The molecule has 5 rings (SSSR count). The standard InChI is InChI=1S/C27H20ClN3O9S2/c1-40-20-12-15(4-11-19(20)32)23-22(24(33)14-2-5-16(28)6-3-14)25(34)26(35)30(23)27-29-13-21(41-27)42(38,39)18-9-7-17(8-10-18)31(36)37/h2-13,22-23,32,36-37H,1H3. The van der Waals surface area contributed by atoms with Gasteiger partial charge >= 0.3 is 0 Å². The summed E-state index contributed by atoms with van der Waals surface area (Å²) >= 11 is 6.56. The van der Waals surface area contributed by atoms with Crippen LogP contribution in [0, 0.1) is 5.92 Å². The second kappa shape index (κ2) is 11.2. The number of carbonyl (C=O) groups is 3. The lowest BCUT2D eigenvalue weighted by molar-refractivity contribution is -0.135. The van der Waals surface area contributed by atoms with Crippen molar-refractivity contribution in [1.29, 1.82) is 0 Å². The number of carbonyl (C=O) groups excluding carboxylic acids is 3. The number of nitrogens with zero attached hydrogens (tertiary/aromatic N) is 3. The highest BCUT2D eigenvalue weighted by molar-refractivity contribution is 7.93. The topological polar surface area (TPSA) is 175 Å². The van der Waals surface area contributed by atoms with Gasteiger partial charge in [-0.15, -0.1) is 5.23 Å². The summed E-state index contributed by atoms with van der Waals surface area (Å²) in [4.78, 5) is 45.4. The first-order chi connectivity index (χ1) is 19.9. The van der Waals surface area contributed by atoms with Gasteiger partial charge in [-0.25, -0.2) is 13.4 Å². The lowest BCUT2D eigenvalue weighted by Crippen LogP contribution is -2.30. The molecule has 12 nitrogen and oxygen atoms in total. The quantitative estimate of drug-likeness (QED) is 0.111. The molecule has 1 amide bonds. The summed E-state index contributed by atoms with van der Waals surface area (Å²) < 4.78 is 31.5. The summed E-state index contributed by atoms with van der Waals surface area (Å²) in [5.41, 5.74) is 0.297. The van der Waals surface area contributed by atoms with Gasteiger partial charge < -0.3 is 9.84 Å². The van der Waals surface area contributed by atoms with Crippen molar-refractivity contribution in [3.05, 3.63) is 89.1 Å². The third kappa shape index (κ3) is 5.10. The first-order valence-electron chi connectivity index (χ1n) is 12.0. The Bertz CT molecular complexity index is 1810. The van der Waals surface area contributed by atoms with Crippen LogP contribution in [0.2, 0.25) is 5.02 Å². The lowest BCUT2D eigenvalue weighted by Gasteiger charge is -2.25. The molecule has 0 aliphatic carbocycles. The van der Waals surface area contributed by atoms with E-state index in [2.05, 4.69) is 4.98 Å². The number of aromatic nitrogens is 1. The number of thiazole rings is 1. The first kappa shape index (κ1) is 29.2. The molecule has 1 aliphatic heterocycles. The molecule has 0 saturated carbocycles. The molecule has 2 heterocycles. The van der Waals surface area contributed by atoms with Crippen molar-refractivity contribution in [2.24, 2.45) is 5.92 Å². The number of hydrogen-bond acceptors (Lipinski definition) is 12. The molecule has 1 fully saturated rings. The Morgan fingerprint density at radius 3 is 2.33 bits per heavy atom. The van der Waals surface area contributed by atoms with Gasteiger partial charge in [0.1, 0.15) is 10.1 Å². The average Bonchev–Trinajstić information content (AvgIpc) is 3.57. The number of aromatic hydroxyl groups is 1. The summed E-state index contributed by atoms with van der Waals surface area (Å²) in [6, 6.07) is 13.2. The first-order valence-corrected chi connectivity index (χ1v) is 14.6. The van der Waals surface area contributed by atoms with E-state index >= 15 is 0 Å². The van der Waals surface area contributed by atoms with Gasteiger partial charge in [-0.1, -0.05) is 29.0 Å². The maximum absolute atomic E-state index is 13.6. The lowest BCUT2D eigenvalue weighted by atomic mass is 9.86. The molecule has 2 atom stereocenters. The van der Waals surface area contributed by atoms with Crippen LogP contribution >= 0.6 is 22.9 Å². The predicted octanol–water partition coefficient (Wildman–Crippen LogP) is 4.08. The smallest absolute Gasteiger partial charge is 0.297 e. The Kier molecular flexibility index (Phi) is 7.74. The van der Waals surface area contributed by atoms with Gasteiger partial charge in [0.15, 0.2) is 22.4 Å². The number of phenols is 1. The molecule has 4 aromatic rings. The number of methoxy groups -OCH3 is 1. The number of sulfone groups is 1. The van der Waals surface area contributed by atoms with Gasteiger partial charge in [0.2, 0.25) is 15.6 Å². The molecule has 0 bridgehead atoms. The number of halogens is 1. The van der Waals surface area contributed by atoms with Crippen molar-refractivity contribution in [3.63, 3.8) is 0 Å². The summed E-state index contributed by atoms with van der Waals surface area (Å²) in [5.74, 6) is -4.51. The fourth-order valence-corrected chi connectivity index (χ4v) is 7.19. The summed E-state index contributed by atoms with van der Waals surface area (Å²) in [7, 11) is -2.87. The highest BCUT2D eigenvalue weighted by Crippen LogP contribution is 2.45. The van der Waals surface area contributed by atoms with Crippen LogP contribution in [0.5, 0.6) is 11.5 Å². The summed E-state index contributed by atoms with van der Waals surface area (Å²) in [6.07, 6.45) is 1.02. The number of phenolic OH excluding ortho intramolecular Hbond substituents is 1. The average molecular weight is 630 g/mol. The van der Waals surface area contributed by atoms with E-state index in [1.165, 1.54) is 61.7 Å². The Balaban J connectivity index is 1.60. The number of benzene rings is 3. The van der Waals surface area contributed by atoms with E-state index in [4.69, 9.17) is 26.8 Å². The number of amides is 1. The van der Waals surface area contributed by atoms with E-state index in [9.17, 15) is 27.9 Å². The van der Waals surface area contributed by atoms with Crippen molar-refractivity contribution >= 4 is 61.1 Å². The number of anilines is 2. The van der Waals surface area contributed by atoms with Gasteiger partial charge in [0.25, 0.3) is 5.91 Å². The minimum absolute atomic E-state index is 0.0205. The normalized spacial score (nSPS) is 17.0. The number of ether oxygens (including phenoxy) is 1. The van der Waals surface area contributed by atoms with E-state index in [1.54, 1.807) is 0 Å². The Morgan fingerprint density at radius 2 is 1.71 bits per heavy atom. The van der Waals surface area contributed by atoms with Gasteiger partial charge in [0.05, 0.1) is 29.9 Å². The van der Waals surface area contributed by atoms with Crippen LogP contribution in [0.25, 0.3) is 0 Å². The Hall–Kier alpha value is -4.34. The van der Waals surface area contributed by atoms with Crippen LogP contribution in [-0.2, 0) is 19.4 Å². The molecule has 1 aliphatic rings. The fraction of sp³-hybridized carbons (Fsp3) is 0.111. The highest BCUT2D eigenvalue weighted by Gasteiger charge is 2.53. The maximum atomic E-state index is 13.6. The van der Waals surface area contributed by atoms with Gasteiger partial charge in [-0.2, -0.15) is 0 Å². The third-order valence-corrected chi connectivity index (χ3v) is 10.1. The molecule has 0 radical (unpaired) electrons. The molecule has 1 saturated heterocycles. The fourth-order valence-electron chi connectivity index (χ4n) is 4.51. The molecule has 216 valence electrons.